The van der Waals surface area contributed by atoms with Crippen LogP contribution in [0.4, 0.5) is 0 Å². The van der Waals surface area contributed by atoms with Crippen molar-refractivity contribution in [2.45, 2.75) is 164 Å². The number of rotatable bonds is 4. The number of hydrogen-bond donors (Lipinski definition) is 0. The third kappa shape index (κ3) is 10.1. The Kier molecular flexibility index (Phi) is 13.4. The minimum atomic E-state index is -1.27. The molecule has 0 fully saturated rings. The number of benzene rings is 4. The van der Waals surface area contributed by atoms with Crippen LogP contribution in [0.2, 0.25) is 0 Å². The van der Waals surface area contributed by atoms with Crippen LogP contribution < -0.4 is 24.8 Å². The molecule has 2 aliphatic rings. The van der Waals surface area contributed by atoms with Crippen molar-refractivity contribution in [1.82, 2.24) is 0 Å². The van der Waals surface area contributed by atoms with Crippen molar-refractivity contribution in [3.63, 3.8) is 0 Å². The van der Waals surface area contributed by atoms with Crippen molar-refractivity contribution in [3.8, 4) is 0 Å². The maximum Gasteiger partial charge on any atom is -1.00 e. The van der Waals surface area contributed by atoms with E-state index in [0.29, 0.717) is 7.25 Å². The standard InChI is InChI=1S/2C27H35.2ClH.Zr/c2*1-25(2,3)22-11-10-18-12-19(13-20(18)14-22)21-15-23(26(4,5)6)17-24(16-21)27(7,8)9;;;/h2*10-17H,1-9H3;2*1H;/q;;;;+2/p-2. The van der Waals surface area contributed by atoms with Crippen molar-refractivity contribution in [2.75, 3.05) is 0 Å². The fourth-order valence-electron chi connectivity index (χ4n) is 8.04. The Morgan fingerprint density at radius 2 is 0.596 bits per heavy atom. The van der Waals surface area contributed by atoms with E-state index in [0.717, 1.165) is 0 Å². The van der Waals surface area contributed by atoms with E-state index < -0.39 is 23.2 Å². The Morgan fingerprint density at radius 1 is 0.333 bits per heavy atom. The molecular formula is C54H70Cl2Zr. The summed E-state index contributed by atoms with van der Waals surface area (Å²) in [5, 5.41) is 0. The van der Waals surface area contributed by atoms with E-state index in [1.807, 2.05) is 0 Å². The van der Waals surface area contributed by atoms with Gasteiger partial charge < -0.3 is 24.8 Å². The van der Waals surface area contributed by atoms with Crippen LogP contribution in [0.3, 0.4) is 0 Å². The van der Waals surface area contributed by atoms with Gasteiger partial charge in [0.2, 0.25) is 0 Å². The van der Waals surface area contributed by atoms with E-state index in [-0.39, 0.29) is 57.3 Å². The molecule has 0 spiro atoms. The maximum atomic E-state index is 2.60. The van der Waals surface area contributed by atoms with Crippen molar-refractivity contribution in [1.29, 1.82) is 0 Å². The molecule has 2 atom stereocenters. The summed E-state index contributed by atoms with van der Waals surface area (Å²) in [7, 11) is 0. The van der Waals surface area contributed by atoms with Crippen molar-refractivity contribution in [2.24, 2.45) is 0 Å². The van der Waals surface area contributed by atoms with Gasteiger partial charge in [-0.2, -0.15) is 0 Å². The first kappa shape index (κ1) is 47.5. The molecule has 0 saturated heterocycles. The first-order valence-corrected chi connectivity index (χ1v) is 23.7. The van der Waals surface area contributed by atoms with Gasteiger partial charge in [0.15, 0.2) is 0 Å². The number of allylic oxidation sites excluding steroid dienone is 2. The Labute approximate surface area is 372 Å². The Hall–Kier alpha value is -2.18. The first-order chi connectivity index (χ1) is 25.0. The van der Waals surface area contributed by atoms with Crippen molar-refractivity contribution >= 4 is 23.3 Å². The normalized spacial score (nSPS) is 17.2. The Morgan fingerprint density at radius 3 is 0.842 bits per heavy atom. The molecular weight excluding hydrogens is 811 g/mol. The Balaban J connectivity index is 0.00000360. The first-order valence-electron chi connectivity index (χ1n) is 20.8. The van der Waals surface area contributed by atoms with Gasteiger partial charge in [-0.1, -0.05) is 0 Å². The van der Waals surface area contributed by atoms with Crippen LogP contribution in [0.1, 0.15) is 199 Å². The van der Waals surface area contributed by atoms with Gasteiger partial charge in [0.05, 0.1) is 0 Å². The molecule has 304 valence electrons. The summed E-state index contributed by atoms with van der Waals surface area (Å²) >= 11 is -1.27. The van der Waals surface area contributed by atoms with E-state index in [1.54, 1.807) is 22.3 Å². The van der Waals surface area contributed by atoms with Gasteiger partial charge in [0, 0.05) is 0 Å². The van der Waals surface area contributed by atoms with E-state index in [2.05, 4.69) is 210 Å². The van der Waals surface area contributed by atoms with E-state index in [4.69, 9.17) is 0 Å². The second-order valence-corrected chi connectivity index (χ2v) is 26.7. The van der Waals surface area contributed by atoms with Gasteiger partial charge in [0.25, 0.3) is 0 Å². The molecule has 0 saturated carbocycles. The summed E-state index contributed by atoms with van der Waals surface area (Å²) in [5.74, 6) is 0. The van der Waals surface area contributed by atoms with E-state index in [1.165, 1.54) is 55.6 Å². The summed E-state index contributed by atoms with van der Waals surface area (Å²) < 4.78 is 0.871. The molecule has 3 heteroatoms. The molecule has 0 aromatic heterocycles. The van der Waals surface area contributed by atoms with E-state index in [9.17, 15) is 0 Å². The summed E-state index contributed by atoms with van der Waals surface area (Å²) in [5.41, 5.74) is 20.9. The molecule has 0 heterocycles. The van der Waals surface area contributed by atoms with Gasteiger partial charge in [-0.3, -0.25) is 0 Å². The third-order valence-corrected chi connectivity index (χ3v) is 16.8. The zero-order chi connectivity index (χ0) is 40.8. The van der Waals surface area contributed by atoms with Gasteiger partial charge >= 0.3 is 350 Å². The molecule has 0 amide bonds. The smallest absolute Gasteiger partial charge is 1.00 e. The fraction of sp³-hybridized carbons (Fsp3) is 0.481. The zero-order valence-electron chi connectivity index (χ0n) is 38.5. The number of halogens is 2. The topological polar surface area (TPSA) is 0 Å². The monoisotopic (exact) mass is 878 g/mol. The minimum Gasteiger partial charge on any atom is -1.00 e. The van der Waals surface area contributed by atoms with Crippen LogP contribution in [-0.4, -0.2) is 0 Å². The molecule has 0 nitrogen and oxygen atoms in total. The molecule has 57 heavy (non-hydrogen) atoms. The Bertz CT molecular complexity index is 1970. The van der Waals surface area contributed by atoms with Crippen molar-refractivity contribution in [3.05, 3.63) is 140 Å². The van der Waals surface area contributed by atoms with Crippen LogP contribution in [0.5, 0.6) is 0 Å². The summed E-state index contributed by atoms with van der Waals surface area (Å²) in [6.07, 6.45) is 5.20. The maximum absolute atomic E-state index is 2.60. The SMILES string of the molecule is CC(C)(C)c1cc(C2=Cc3cc(C(C)(C)C)ccc3[CH]2[Zr+2][CH]2C(c3cc(C(C)(C)C)cc(C(C)(C)C)c3)=Cc3cc(C(C)(C)C)ccc32)cc(C(C)(C)C)c1.[Cl-].[Cl-]. The quantitative estimate of drug-likeness (QED) is 0.192. The average Bonchev–Trinajstić information content (AvgIpc) is 3.59. The summed E-state index contributed by atoms with van der Waals surface area (Å²) in [4.78, 5) is 0. The van der Waals surface area contributed by atoms with Crippen LogP contribution in [-0.2, 0) is 55.7 Å². The molecule has 2 aliphatic carbocycles. The largest absolute Gasteiger partial charge is 1.00 e. The van der Waals surface area contributed by atoms with Gasteiger partial charge in [-0.05, 0) is 0 Å². The van der Waals surface area contributed by atoms with E-state index >= 15 is 0 Å². The molecule has 4 aromatic carbocycles. The predicted molar refractivity (Wildman–Crippen MR) is 239 cm³/mol. The number of hydrogen-bond acceptors (Lipinski definition) is 0. The molecule has 0 aliphatic heterocycles. The second-order valence-electron chi connectivity index (χ2n) is 23.0. The average molecular weight is 881 g/mol. The summed E-state index contributed by atoms with van der Waals surface area (Å²) in [6.45, 7) is 42.5. The zero-order valence-corrected chi connectivity index (χ0v) is 42.5. The van der Waals surface area contributed by atoms with Crippen LogP contribution in [0.25, 0.3) is 23.3 Å². The molecule has 0 bridgehead atoms. The number of fused-ring (bicyclic) bond motifs is 2. The predicted octanol–water partition coefficient (Wildman–Crippen LogP) is 9.45. The minimum absolute atomic E-state index is 0. The second kappa shape index (κ2) is 16.0. The molecule has 0 N–H and O–H groups in total. The van der Waals surface area contributed by atoms with Crippen molar-refractivity contribution < 1.29 is 48.0 Å². The van der Waals surface area contributed by atoms with Gasteiger partial charge in [-0.25, -0.2) is 0 Å². The van der Waals surface area contributed by atoms with Gasteiger partial charge in [-0.15, -0.1) is 0 Å². The molecule has 0 radical (unpaired) electrons. The van der Waals surface area contributed by atoms with Crippen LogP contribution >= 0.6 is 0 Å². The molecule has 6 rings (SSSR count). The van der Waals surface area contributed by atoms with Gasteiger partial charge in [0.1, 0.15) is 0 Å². The van der Waals surface area contributed by atoms with Crippen LogP contribution in [0.15, 0.2) is 72.8 Å². The summed E-state index contributed by atoms with van der Waals surface area (Å²) in [6, 6.07) is 30.1. The van der Waals surface area contributed by atoms with Crippen LogP contribution in [0, 0.1) is 0 Å². The molecule has 4 aromatic rings. The fourth-order valence-corrected chi connectivity index (χ4v) is 13.1. The third-order valence-electron chi connectivity index (χ3n) is 12.1. The molecule has 2 unspecified atom stereocenters.